The summed E-state index contributed by atoms with van der Waals surface area (Å²) in [4.78, 5) is 23.2. The third kappa shape index (κ3) is 4.36. The fourth-order valence-electron chi connectivity index (χ4n) is 2.15. The molecule has 1 heterocycles. The number of nitrogens with zero attached hydrogens (tertiary/aromatic N) is 2. The standard InChI is InChI=1S/C14H23N3O3/c1-3-14(4-2,13(19)20)11-12(18)15-7-5-9-17-10-6-8-16-17/h6,8,10H,3-5,7,9,11H2,1-2H3,(H,15,18)(H,19,20). The van der Waals surface area contributed by atoms with Crippen LogP contribution in [-0.4, -0.2) is 33.3 Å². The van der Waals surface area contributed by atoms with E-state index in [4.69, 9.17) is 0 Å². The number of aliphatic carboxylic acids is 1. The molecule has 0 aromatic carbocycles. The molecule has 0 saturated heterocycles. The molecule has 0 radical (unpaired) electrons. The van der Waals surface area contributed by atoms with E-state index >= 15 is 0 Å². The Morgan fingerprint density at radius 1 is 1.35 bits per heavy atom. The molecule has 0 fully saturated rings. The summed E-state index contributed by atoms with van der Waals surface area (Å²) in [5.41, 5.74) is -0.938. The van der Waals surface area contributed by atoms with Crippen molar-refractivity contribution in [3.8, 4) is 0 Å². The normalized spacial score (nSPS) is 11.3. The van der Waals surface area contributed by atoms with Crippen LogP contribution in [0.3, 0.4) is 0 Å². The topological polar surface area (TPSA) is 84.2 Å². The van der Waals surface area contributed by atoms with Gasteiger partial charge in [-0.3, -0.25) is 14.3 Å². The Bertz CT molecular complexity index is 425. The van der Waals surface area contributed by atoms with E-state index < -0.39 is 11.4 Å². The van der Waals surface area contributed by atoms with Crippen molar-refractivity contribution in [1.29, 1.82) is 0 Å². The van der Waals surface area contributed by atoms with Crippen LogP contribution in [0.4, 0.5) is 0 Å². The second-order valence-corrected chi connectivity index (χ2v) is 4.94. The maximum Gasteiger partial charge on any atom is 0.310 e. The average Bonchev–Trinajstić information content (AvgIpc) is 2.94. The van der Waals surface area contributed by atoms with Gasteiger partial charge in [-0.15, -0.1) is 0 Å². The number of nitrogens with one attached hydrogen (secondary N) is 1. The van der Waals surface area contributed by atoms with Crippen LogP contribution in [-0.2, 0) is 16.1 Å². The predicted molar refractivity (Wildman–Crippen MR) is 75.1 cm³/mol. The van der Waals surface area contributed by atoms with Crippen LogP contribution in [0.2, 0.25) is 0 Å². The van der Waals surface area contributed by atoms with Gasteiger partial charge < -0.3 is 10.4 Å². The van der Waals surface area contributed by atoms with E-state index in [2.05, 4.69) is 10.4 Å². The van der Waals surface area contributed by atoms with Gasteiger partial charge in [-0.05, 0) is 25.3 Å². The third-order valence-corrected chi connectivity index (χ3v) is 3.75. The summed E-state index contributed by atoms with van der Waals surface area (Å²) in [5.74, 6) is -1.09. The molecule has 6 heteroatoms. The van der Waals surface area contributed by atoms with Crippen molar-refractivity contribution in [3.63, 3.8) is 0 Å². The number of carboxylic acid groups (broad SMARTS) is 1. The molecule has 0 saturated carbocycles. The predicted octanol–water partition coefficient (Wildman–Crippen LogP) is 1.67. The van der Waals surface area contributed by atoms with Gasteiger partial charge in [0.05, 0.1) is 5.41 Å². The quantitative estimate of drug-likeness (QED) is 0.674. The highest BCUT2D eigenvalue weighted by Crippen LogP contribution is 2.30. The van der Waals surface area contributed by atoms with Crippen LogP contribution in [0.5, 0.6) is 0 Å². The number of rotatable bonds is 9. The molecule has 1 rings (SSSR count). The van der Waals surface area contributed by atoms with E-state index in [1.807, 2.05) is 26.1 Å². The van der Waals surface area contributed by atoms with Gasteiger partial charge in [0.25, 0.3) is 0 Å². The van der Waals surface area contributed by atoms with E-state index in [0.29, 0.717) is 19.4 Å². The van der Waals surface area contributed by atoms with Crippen LogP contribution >= 0.6 is 0 Å². The summed E-state index contributed by atoms with van der Waals surface area (Å²) in [6, 6.07) is 1.85. The molecule has 6 nitrogen and oxygen atoms in total. The summed E-state index contributed by atoms with van der Waals surface area (Å²) in [5, 5.41) is 16.1. The van der Waals surface area contributed by atoms with Gasteiger partial charge >= 0.3 is 5.97 Å². The van der Waals surface area contributed by atoms with Crippen molar-refractivity contribution in [2.24, 2.45) is 5.41 Å². The molecule has 0 aliphatic heterocycles. The largest absolute Gasteiger partial charge is 0.481 e. The van der Waals surface area contributed by atoms with Crippen LogP contribution in [0.25, 0.3) is 0 Å². The Morgan fingerprint density at radius 3 is 2.55 bits per heavy atom. The molecular weight excluding hydrogens is 258 g/mol. The Balaban J connectivity index is 2.33. The molecule has 0 atom stereocenters. The molecule has 0 aliphatic carbocycles. The molecule has 1 aromatic heterocycles. The summed E-state index contributed by atoms with van der Waals surface area (Å²) < 4.78 is 1.80. The Kier molecular flexibility index (Phi) is 6.21. The minimum Gasteiger partial charge on any atom is -0.481 e. The highest BCUT2D eigenvalue weighted by atomic mass is 16.4. The lowest BCUT2D eigenvalue weighted by atomic mass is 9.79. The number of carboxylic acids is 1. The van der Waals surface area contributed by atoms with Crippen molar-refractivity contribution < 1.29 is 14.7 Å². The molecule has 0 aliphatic rings. The van der Waals surface area contributed by atoms with E-state index in [-0.39, 0.29) is 12.3 Å². The summed E-state index contributed by atoms with van der Waals surface area (Å²) >= 11 is 0. The van der Waals surface area contributed by atoms with Gasteiger partial charge in [0, 0.05) is 31.9 Å². The number of carbonyl (C=O) groups excluding carboxylic acids is 1. The number of aromatic nitrogens is 2. The van der Waals surface area contributed by atoms with Gasteiger partial charge in [0.1, 0.15) is 0 Å². The number of carbonyl (C=O) groups is 2. The first-order valence-electron chi connectivity index (χ1n) is 7.01. The zero-order valence-electron chi connectivity index (χ0n) is 12.1. The number of hydrogen-bond acceptors (Lipinski definition) is 3. The molecular formula is C14H23N3O3. The maximum atomic E-state index is 11.8. The summed E-state index contributed by atoms with van der Waals surface area (Å²) in [7, 11) is 0. The van der Waals surface area contributed by atoms with Gasteiger partial charge in [-0.2, -0.15) is 5.10 Å². The number of hydrogen-bond donors (Lipinski definition) is 2. The fraction of sp³-hybridized carbons (Fsp3) is 0.643. The smallest absolute Gasteiger partial charge is 0.310 e. The van der Waals surface area contributed by atoms with Crippen LogP contribution < -0.4 is 5.32 Å². The zero-order chi connectivity index (χ0) is 15.0. The van der Waals surface area contributed by atoms with Crippen LogP contribution in [0.15, 0.2) is 18.5 Å². The van der Waals surface area contributed by atoms with Crippen molar-refractivity contribution in [3.05, 3.63) is 18.5 Å². The monoisotopic (exact) mass is 281 g/mol. The highest BCUT2D eigenvalue weighted by molar-refractivity contribution is 5.84. The van der Waals surface area contributed by atoms with Gasteiger partial charge in [0.15, 0.2) is 0 Å². The summed E-state index contributed by atoms with van der Waals surface area (Å²) in [6.07, 6.45) is 5.30. The second kappa shape index (κ2) is 7.67. The minimum absolute atomic E-state index is 0.0388. The SMILES string of the molecule is CCC(CC)(CC(=O)NCCCn1cccn1)C(=O)O. The van der Waals surface area contributed by atoms with Crippen molar-refractivity contribution >= 4 is 11.9 Å². The van der Waals surface area contributed by atoms with E-state index in [9.17, 15) is 14.7 Å². The van der Waals surface area contributed by atoms with Crippen LogP contribution in [0, 0.1) is 5.41 Å². The lowest BCUT2D eigenvalue weighted by molar-refractivity contribution is -0.152. The first-order chi connectivity index (χ1) is 9.54. The lowest BCUT2D eigenvalue weighted by Crippen LogP contribution is -2.37. The van der Waals surface area contributed by atoms with Gasteiger partial charge in [0.2, 0.25) is 5.91 Å². The molecule has 20 heavy (non-hydrogen) atoms. The molecule has 1 amide bonds. The Morgan fingerprint density at radius 2 is 2.05 bits per heavy atom. The highest BCUT2D eigenvalue weighted by Gasteiger charge is 2.36. The molecule has 2 N–H and O–H groups in total. The lowest BCUT2D eigenvalue weighted by Gasteiger charge is -2.25. The first-order valence-corrected chi connectivity index (χ1v) is 7.01. The third-order valence-electron chi connectivity index (χ3n) is 3.75. The number of amides is 1. The second-order valence-electron chi connectivity index (χ2n) is 4.94. The molecule has 0 bridgehead atoms. The number of aryl methyl sites for hydroxylation is 1. The molecule has 112 valence electrons. The van der Waals surface area contributed by atoms with Crippen molar-refractivity contribution in [1.82, 2.24) is 15.1 Å². The fourth-order valence-corrected chi connectivity index (χ4v) is 2.15. The molecule has 1 aromatic rings. The summed E-state index contributed by atoms with van der Waals surface area (Å²) in [6.45, 7) is 4.88. The maximum absolute atomic E-state index is 11.8. The zero-order valence-corrected chi connectivity index (χ0v) is 12.1. The Hall–Kier alpha value is -1.85. The van der Waals surface area contributed by atoms with E-state index in [1.165, 1.54) is 0 Å². The van der Waals surface area contributed by atoms with Crippen molar-refractivity contribution in [2.45, 2.75) is 46.1 Å². The first kappa shape index (κ1) is 16.2. The van der Waals surface area contributed by atoms with E-state index in [0.717, 1.165) is 13.0 Å². The molecule has 0 spiro atoms. The van der Waals surface area contributed by atoms with Gasteiger partial charge in [-0.1, -0.05) is 13.8 Å². The Labute approximate surface area is 119 Å². The van der Waals surface area contributed by atoms with Crippen molar-refractivity contribution in [2.75, 3.05) is 6.54 Å². The minimum atomic E-state index is -0.938. The van der Waals surface area contributed by atoms with Crippen LogP contribution in [0.1, 0.15) is 39.5 Å². The molecule has 0 unspecified atom stereocenters. The average molecular weight is 281 g/mol. The van der Waals surface area contributed by atoms with Gasteiger partial charge in [-0.25, -0.2) is 0 Å². The van der Waals surface area contributed by atoms with E-state index in [1.54, 1.807) is 10.9 Å².